The maximum Gasteiger partial charge on any atom is 0.152 e. The number of carbonyl (C=O) groups excluding carboxylic acids is 1. The molecule has 0 atom stereocenters. The van der Waals surface area contributed by atoms with E-state index in [1.165, 1.54) is 12.1 Å². The lowest BCUT2D eigenvalue weighted by molar-refractivity contribution is 0.112. The Morgan fingerprint density at radius 1 is 1.00 bits per heavy atom. The molecule has 2 nitrogen and oxygen atoms in total. The van der Waals surface area contributed by atoms with E-state index in [2.05, 4.69) is 34.6 Å². The summed E-state index contributed by atoms with van der Waals surface area (Å²) in [6, 6.07) is 6.47. The smallest absolute Gasteiger partial charge is 0.152 e. The Bertz CT molecular complexity index is 748. The van der Waals surface area contributed by atoms with E-state index < -0.39 is 0 Å². The van der Waals surface area contributed by atoms with Gasteiger partial charge in [-0.1, -0.05) is 59.6 Å². The van der Waals surface area contributed by atoms with Crippen LogP contribution >= 0.6 is 0 Å². The number of pyridine rings is 1. The molecule has 3 heteroatoms. The molecule has 0 saturated heterocycles. The average molecular weight is 355 g/mol. The zero-order valence-corrected chi connectivity index (χ0v) is 16.6. The molecule has 1 aromatic carbocycles. The predicted molar refractivity (Wildman–Crippen MR) is 106 cm³/mol. The first-order chi connectivity index (χ1) is 12.4. The van der Waals surface area contributed by atoms with Crippen LogP contribution in [0.2, 0.25) is 0 Å². The van der Waals surface area contributed by atoms with E-state index in [0.717, 1.165) is 60.0 Å². The summed E-state index contributed by atoms with van der Waals surface area (Å²) < 4.78 is 13.5. The van der Waals surface area contributed by atoms with E-state index in [1.807, 2.05) is 0 Å². The number of halogens is 1. The SMILES string of the molecule is CCCCCc1c(C(C)C)nc(C(C)C)c(C=O)c1-c1ccc(F)cc1. The molecular weight excluding hydrogens is 325 g/mol. The van der Waals surface area contributed by atoms with Crippen molar-refractivity contribution in [1.82, 2.24) is 4.98 Å². The van der Waals surface area contributed by atoms with Gasteiger partial charge in [0.15, 0.2) is 6.29 Å². The highest BCUT2D eigenvalue weighted by Gasteiger charge is 2.23. The minimum absolute atomic E-state index is 0.150. The summed E-state index contributed by atoms with van der Waals surface area (Å²) in [5, 5.41) is 0. The number of benzene rings is 1. The first kappa shape index (κ1) is 20.3. The van der Waals surface area contributed by atoms with Gasteiger partial charge in [0, 0.05) is 11.3 Å². The van der Waals surface area contributed by atoms with Crippen molar-refractivity contribution in [3.8, 4) is 11.1 Å². The first-order valence-electron chi connectivity index (χ1n) is 9.68. The molecule has 2 rings (SSSR count). The third-order valence-corrected chi connectivity index (χ3v) is 4.77. The highest BCUT2D eigenvalue weighted by Crippen LogP contribution is 2.36. The molecule has 0 saturated carbocycles. The number of unbranched alkanes of at least 4 members (excludes halogenated alkanes) is 2. The minimum atomic E-state index is -0.267. The van der Waals surface area contributed by atoms with Crippen molar-refractivity contribution in [3.05, 3.63) is 52.6 Å². The zero-order valence-electron chi connectivity index (χ0n) is 16.6. The van der Waals surface area contributed by atoms with Gasteiger partial charge in [-0.2, -0.15) is 0 Å². The van der Waals surface area contributed by atoms with E-state index in [-0.39, 0.29) is 17.7 Å². The summed E-state index contributed by atoms with van der Waals surface area (Å²) in [7, 11) is 0. The van der Waals surface area contributed by atoms with Crippen molar-refractivity contribution in [1.29, 1.82) is 0 Å². The summed E-state index contributed by atoms with van der Waals surface area (Å²) in [4.78, 5) is 17.0. The summed E-state index contributed by atoms with van der Waals surface area (Å²) in [6.07, 6.45) is 5.16. The number of aromatic nitrogens is 1. The summed E-state index contributed by atoms with van der Waals surface area (Å²) in [5.41, 5.74) is 5.54. The van der Waals surface area contributed by atoms with Crippen LogP contribution in [-0.4, -0.2) is 11.3 Å². The largest absolute Gasteiger partial charge is 0.298 e. The summed E-state index contributed by atoms with van der Waals surface area (Å²) in [5.74, 6) is 0.150. The molecular formula is C23H30FNO. The molecule has 1 heterocycles. The number of hydrogen-bond acceptors (Lipinski definition) is 2. The Morgan fingerprint density at radius 3 is 2.12 bits per heavy atom. The third kappa shape index (κ3) is 4.38. The lowest BCUT2D eigenvalue weighted by Gasteiger charge is -2.23. The van der Waals surface area contributed by atoms with Crippen LogP contribution in [0, 0.1) is 5.82 Å². The van der Waals surface area contributed by atoms with Gasteiger partial charge in [-0.05, 0) is 53.5 Å². The number of hydrogen-bond donors (Lipinski definition) is 0. The normalized spacial score (nSPS) is 11.4. The Hall–Kier alpha value is -2.03. The van der Waals surface area contributed by atoms with Crippen LogP contribution < -0.4 is 0 Å². The molecule has 0 spiro atoms. The van der Waals surface area contributed by atoms with Crippen LogP contribution in [0.4, 0.5) is 4.39 Å². The van der Waals surface area contributed by atoms with E-state index >= 15 is 0 Å². The van der Waals surface area contributed by atoms with Gasteiger partial charge < -0.3 is 0 Å². The molecule has 0 aliphatic rings. The fraction of sp³-hybridized carbons (Fsp3) is 0.478. The zero-order chi connectivity index (χ0) is 19.3. The molecule has 26 heavy (non-hydrogen) atoms. The molecule has 0 amide bonds. The maximum absolute atomic E-state index is 13.5. The molecule has 0 bridgehead atoms. The fourth-order valence-electron chi connectivity index (χ4n) is 3.46. The van der Waals surface area contributed by atoms with Crippen molar-refractivity contribution in [2.75, 3.05) is 0 Å². The maximum atomic E-state index is 13.5. The van der Waals surface area contributed by atoms with Crippen molar-refractivity contribution in [2.45, 2.75) is 72.1 Å². The van der Waals surface area contributed by atoms with Crippen molar-refractivity contribution >= 4 is 6.29 Å². The highest BCUT2D eigenvalue weighted by molar-refractivity contribution is 5.91. The molecule has 1 aromatic heterocycles. The van der Waals surface area contributed by atoms with E-state index in [9.17, 15) is 9.18 Å². The Morgan fingerprint density at radius 2 is 1.62 bits per heavy atom. The molecule has 0 N–H and O–H groups in total. The molecule has 2 aromatic rings. The molecule has 0 unspecified atom stereocenters. The van der Waals surface area contributed by atoms with E-state index in [4.69, 9.17) is 4.98 Å². The van der Waals surface area contributed by atoms with Gasteiger partial charge >= 0.3 is 0 Å². The summed E-state index contributed by atoms with van der Waals surface area (Å²) in [6.45, 7) is 10.6. The fourth-order valence-corrected chi connectivity index (χ4v) is 3.46. The van der Waals surface area contributed by atoms with Crippen LogP contribution in [0.5, 0.6) is 0 Å². The second-order valence-electron chi connectivity index (χ2n) is 7.54. The van der Waals surface area contributed by atoms with Gasteiger partial charge in [0.05, 0.1) is 5.69 Å². The number of aldehydes is 1. The van der Waals surface area contributed by atoms with Crippen LogP contribution in [0.1, 0.15) is 93.0 Å². The van der Waals surface area contributed by atoms with Crippen molar-refractivity contribution in [2.24, 2.45) is 0 Å². The van der Waals surface area contributed by atoms with Gasteiger partial charge in [0.25, 0.3) is 0 Å². The number of nitrogens with zero attached hydrogens (tertiary/aromatic N) is 1. The predicted octanol–water partition coefficient (Wildman–Crippen LogP) is 6.68. The lowest BCUT2D eigenvalue weighted by atomic mass is 9.85. The van der Waals surface area contributed by atoms with Gasteiger partial charge in [-0.3, -0.25) is 9.78 Å². The Labute approximate surface area is 156 Å². The van der Waals surface area contributed by atoms with Gasteiger partial charge in [-0.15, -0.1) is 0 Å². The second-order valence-corrected chi connectivity index (χ2v) is 7.54. The van der Waals surface area contributed by atoms with Gasteiger partial charge in [0.2, 0.25) is 0 Å². The quantitative estimate of drug-likeness (QED) is 0.390. The van der Waals surface area contributed by atoms with E-state index in [0.29, 0.717) is 5.56 Å². The topological polar surface area (TPSA) is 30.0 Å². The molecule has 0 aliphatic heterocycles. The number of rotatable bonds is 8. The monoisotopic (exact) mass is 355 g/mol. The Balaban J connectivity index is 2.79. The van der Waals surface area contributed by atoms with Crippen LogP contribution in [-0.2, 0) is 6.42 Å². The van der Waals surface area contributed by atoms with Gasteiger partial charge in [-0.25, -0.2) is 4.39 Å². The first-order valence-corrected chi connectivity index (χ1v) is 9.68. The highest BCUT2D eigenvalue weighted by atomic mass is 19.1. The average Bonchev–Trinajstić information content (AvgIpc) is 2.61. The Kier molecular flexibility index (Phi) is 7.07. The number of carbonyl (C=O) groups is 1. The standard InChI is InChI=1S/C23H30FNO/c1-6-7-8-9-19-21(17-10-12-18(24)13-11-17)20(14-26)23(16(4)5)25-22(19)15(2)3/h10-16H,6-9H2,1-5H3. The summed E-state index contributed by atoms with van der Waals surface area (Å²) >= 11 is 0. The van der Waals surface area contributed by atoms with Crippen LogP contribution in [0.15, 0.2) is 24.3 Å². The minimum Gasteiger partial charge on any atom is -0.298 e. The van der Waals surface area contributed by atoms with Crippen molar-refractivity contribution < 1.29 is 9.18 Å². The van der Waals surface area contributed by atoms with E-state index in [1.54, 1.807) is 12.1 Å². The van der Waals surface area contributed by atoms with Gasteiger partial charge in [0.1, 0.15) is 5.82 Å². The van der Waals surface area contributed by atoms with Crippen LogP contribution in [0.3, 0.4) is 0 Å². The molecule has 0 radical (unpaired) electrons. The third-order valence-electron chi connectivity index (χ3n) is 4.77. The van der Waals surface area contributed by atoms with Crippen molar-refractivity contribution in [3.63, 3.8) is 0 Å². The van der Waals surface area contributed by atoms with Crippen LogP contribution in [0.25, 0.3) is 11.1 Å². The molecule has 0 fully saturated rings. The molecule has 0 aliphatic carbocycles. The lowest BCUT2D eigenvalue weighted by Crippen LogP contribution is -2.12. The molecule has 140 valence electrons. The second kappa shape index (κ2) is 9.07.